The van der Waals surface area contributed by atoms with E-state index in [0.717, 1.165) is 17.1 Å². The number of hydrogen-bond donors (Lipinski definition) is 1. The van der Waals surface area contributed by atoms with E-state index in [1.807, 2.05) is 37.6 Å². The van der Waals surface area contributed by atoms with Crippen molar-refractivity contribution >= 4 is 0 Å². The Bertz CT molecular complexity index is 547. The van der Waals surface area contributed by atoms with Gasteiger partial charge in [0, 0.05) is 36.1 Å². The predicted molar refractivity (Wildman–Crippen MR) is 79.3 cm³/mol. The van der Waals surface area contributed by atoms with E-state index in [4.69, 9.17) is 4.98 Å². The van der Waals surface area contributed by atoms with Gasteiger partial charge in [-0.15, -0.1) is 0 Å². The number of hydrogen-bond acceptors (Lipinski definition) is 4. The Labute approximate surface area is 119 Å². The van der Waals surface area contributed by atoms with Crippen molar-refractivity contribution in [2.75, 3.05) is 7.05 Å². The van der Waals surface area contributed by atoms with Crippen LogP contribution in [0.4, 0.5) is 0 Å². The van der Waals surface area contributed by atoms with Crippen LogP contribution in [-0.2, 0) is 0 Å². The molecule has 0 saturated heterocycles. The molecule has 4 heteroatoms. The summed E-state index contributed by atoms with van der Waals surface area (Å²) in [4.78, 5) is 13.4. The molecule has 104 valence electrons. The Morgan fingerprint density at radius 1 is 1.10 bits per heavy atom. The van der Waals surface area contributed by atoms with Crippen LogP contribution in [0.5, 0.6) is 0 Å². The van der Waals surface area contributed by atoms with Crippen LogP contribution in [0, 0.1) is 0 Å². The lowest BCUT2D eigenvalue weighted by Crippen LogP contribution is -2.29. The van der Waals surface area contributed by atoms with Gasteiger partial charge in [0.15, 0.2) is 0 Å². The van der Waals surface area contributed by atoms with Gasteiger partial charge in [-0.2, -0.15) is 0 Å². The van der Waals surface area contributed by atoms with Crippen molar-refractivity contribution in [3.8, 4) is 11.3 Å². The maximum Gasteiger partial charge on any atom is 0.132 e. The van der Waals surface area contributed by atoms with Crippen LogP contribution in [0.1, 0.15) is 37.4 Å². The smallest absolute Gasteiger partial charge is 0.132 e. The van der Waals surface area contributed by atoms with E-state index in [1.54, 1.807) is 6.20 Å². The first kappa shape index (κ1) is 13.2. The van der Waals surface area contributed by atoms with Crippen molar-refractivity contribution in [2.45, 2.75) is 37.6 Å². The van der Waals surface area contributed by atoms with Crippen LogP contribution < -0.4 is 5.32 Å². The van der Waals surface area contributed by atoms with E-state index in [2.05, 4.69) is 15.3 Å². The summed E-state index contributed by atoms with van der Waals surface area (Å²) in [6, 6.07) is 6.60. The van der Waals surface area contributed by atoms with E-state index in [9.17, 15) is 0 Å². The number of rotatable bonds is 3. The molecule has 4 nitrogen and oxygen atoms in total. The van der Waals surface area contributed by atoms with Crippen molar-refractivity contribution in [1.82, 2.24) is 20.3 Å². The van der Waals surface area contributed by atoms with Gasteiger partial charge >= 0.3 is 0 Å². The zero-order valence-corrected chi connectivity index (χ0v) is 11.8. The van der Waals surface area contributed by atoms with E-state index >= 15 is 0 Å². The van der Waals surface area contributed by atoms with Crippen LogP contribution in [0.2, 0.25) is 0 Å². The summed E-state index contributed by atoms with van der Waals surface area (Å²) in [5.74, 6) is 1.48. The maximum atomic E-state index is 4.75. The summed E-state index contributed by atoms with van der Waals surface area (Å²) in [5, 5.41) is 3.36. The molecule has 2 aromatic heterocycles. The standard InChI is InChI=1S/C16H20N4/c1-17-14-6-4-12(5-7-14)16-19-10-8-15(20-16)13-3-2-9-18-11-13/h2-3,8-12,14,17H,4-7H2,1H3. The third-order valence-corrected chi connectivity index (χ3v) is 4.13. The van der Waals surface area contributed by atoms with Crippen molar-refractivity contribution in [2.24, 2.45) is 0 Å². The Hall–Kier alpha value is -1.81. The van der Waals surface area contributed by atoms with Crippen LogP contribution in [-0.4, -0.2) is 28.0 Å². The second-order valence-corrected chi connectivity index (χ2v) is 5.38. The predicted octanol–water partition coefficient (Wildman–Crippen LogP) is 2.78. The quantitative estimate of drug-likeness (QED) is 0.930. The molecule has 0 aliphatic heterocycles. The zero-order valence-electron chi connectivity index (χ0n) is 11.8. The highest BCUT2D eigenvalue weighted by Crippen LogP contribution is 2.31. The van der Waals surface area contributed by atoms with Crippen molar-refractivity contribution in [3.05, 3.63) is 42.6 Å². The lowest BCUT2D eigenvalue weighted by molar-refractivity contribution is 0.350. The number of nitrogens with one attached hydrogen (secondary N) is 1. The van der Waals surface area contributed by atoms with Crippen LogP contribution in [0.15, 0.2) is 36.8 Å². The fourth-order valence-corrected chi connectivity index (χ4v) is 2.89. The maximum absolute atomic E-state index is 4.75. The highest BCUT2D eigenvalue weighted by Gasteiger charge is 2.23. The Balaban J connectivity index is 1.78. The first-order valence-corrected chi connectivity index (χ1v) is 7.27. The Morgan fingerprint density at radius 2 is 1.95 bits per heavy atom. The topological polar surface area (TPSA) is 50.7 Å². The fourth-order valence-electron chi connectivity index (χ4n) is 2.89. The highest BCUT2D eigenvalue weighted by atomic mass is 14.9. The van der Waals surface area contributed by atoms with Crippen molar-refractivity contribution in [1.29, 1.82) is 0 Å². The molecule has 2 aromatic rings. The molecule has 1 aliphatic rings. The Morgan fingerprint density at radius 3 is 2.65 bits per heavy atom. The lowest BCUT2D eigenvalue weighted by Gasteiger charge is -2.27. The molecule has 20 heavy (non-hydrogen) atoms. The normalized spacial score (nSPS) is 22.6. The van der Waals surface area contributed by atoms with Gasteiger partial charge in [0.2, 0.25) is 0 Å². The summed E-state index contributed by atoms with van der Waals surface area (Å²) in [6.45, 7) is 0. The molecular formula is C16H20N4. The molecule has 0 aromatic carbocycles. The monoisotopic (exact) mass is 268 g/mol. The molecule has 0 spiro atoms. The molecule has 1 aliphatic carbocycles. The van der Waals surface area contributed by atoms with E-state index in [1.165, 1.54) is 25.7 Å². The molecule has 1 fully saturated rings. The average molecular weight is 268 g/mol. The largest absolute Gasteiger partial charge is 0.317 e. The molecule has 1 N–H and O–H groups in total. The van der Waals surface area contributed by atoms with Crippen LogP contribution in [0.3, 0.4) is 0 Å². The summed E-state index contributed by atoms with van der Waals surface area (Å²) in [5.41, 5.74) is 2.03. The van der Waals surface area contributed by atoms with E-state index in [0.29, 0.717) is 12.0 Å². The van der Waals surface area contributed by atoms with Gasteiger partial charge in [0.05, 0.1) is 5.69 Å². The summed E-state index contributed by atoms with van der Waals surface area (Å²) >= 11 is 0. The third-order valence-electron chi connectivity index (χ3n) is 4.13. The van der Waals surface area contributed by atoms with Gasteiger partial charge in [-0.25, -0.2) is 9.97 Å². The van der Waals surface area contributed by atoms with E-state index in [-0.39, 0.29) is 0 Å². The SMILES string of the molecule is CNC1CCC(c2nccc(-c3cccnc3)n2)CC1. The van der Waals surface area contributed by atoms with Crippen LogP contribution >= 0.6 is 0 Å². The van der Waals surface area contributed by atoms with Crippen molar-refractivity contribution in [3.63, 3.8) is 0 Å². The molecule has 0 amide bonds. The minimum Gasteiger partial charge on any atom is -0.317 e. The Kier molecular flexibility index (Phi) is 4.02. The van der Waals surface area contributed by atoms with Crippen LogP contribution in [0.25, 0.3) is 11.3 Å². The number of aromatic nitrogens is 3. The number of pyridine rings is 1. The van der Waals surface area contributed by atoms with Gasteiger partial charge in [-0.05, 0) is 50.9 Å². The summed E-state index contributed by atoms with van der Waals surface area (Å²) in [7, 11) is 2.05. The van der Waals surface area contributed by atoms with E-state index < -0.39 is 0 Å². The van der Waals surface area contributed by atoms with Gasteiger partial charge in [0.1, 0.15) is 5.82 Å². The first-order chi connectivity index (χ1) is 9.86. The minimum atomic E-state index is 0.497. The number of nitrogens with zero attached hydrogens (tertiary/aromatic N) is 3. The molecular weight excluding hydrogens is 248 g/mol. The van der Waals surface area contributed by atoms with Crippen molar-refractivity contribution < 1.29 is 0 Å². The molecule has 2 heterocycles. The summed E-state index contributed by atoms with van der Waals surface area (Å²) < 4.78 is 0. The average Bonchev–Trinajstić information content (AvgIpc) is 2.56. The van der Waals surface area contributed by atoms with Gasteiger partial charge in [-0.3, -0.25) is 4.98 Å². The summed E-state index contributed by atoms with van der Waals surface area (Å²) in [6.07, 6.45) is 10.3. The zero-order chi connectivity index (χ0) is 13.8. The fraction of sp³-hybridized carbons (Fsp3) is 0.438. The molecule has 3 rings (SSSR count). The molecule has 1 saturated carbocycles. The second kappa shape index (κ2) is 6.09. The van der Waals surface area contributed by atoms with Gasteiger partial charge < -0.3 is 5.32 Å². The molecule has 0 atom stereocenters. The van der Waals surface area contributed by atoms with Gasteiger partial charge in [0.25, 0.3) is 0 Å². The molecule has 0 radical (unpaired) electrons. The second-order valence-electron chi connectivity index (χ2n) is 5.38. The van der Waals surface area contributed by atoms with Gasteiger partial charge in [-0.1, -0.05) is 0 Å². The third kappa shape index (κ3) is 2.85. The minimum absolute atomic E-state index is 0.497. The first-order valence-electron chi connectivity index (χ1n) is 7.27. The highest BCUT2D eigenvalue weighted by molar-refractivity contribution is 5.56. The molecule has 0 unspecified atom stereocenters. The lowest BCUT2D eigenvalue weighted by atomic mass is 9.85. The molecule has 0 bridgehead atoms.